The molecule has 0 aliphatic carbocycles. The predicted molar refractivity (Wildman–Crippen MR) is 62.9 cm³/mol. The molecule has 0 spiro atoms. The lowest BCUT2D eigenvalue weighted by Gasteiger charge is -2.11. The summed E-state index contributed by atoms with van der Waals surface area (Å²) in [5, 5.41) is 0.380. The highest BCUT2D eigenvalue weighted by atomic mass is 35.5. The van der Waals surface area contributed by atoms with Crippen LogP contribution in [0.1, 0.15) is 5.56 Å². The maximum Gasteiger partial charge on any atom is 0.416 e. The zero-order valence-corrected chi connectivity index (χ0v) is 10.4. The zero-order valence-electron chi connectivity index (χ0n) is 9.64. The number of alkyl halides is 3. The highest BCUT2D eigenvalue weighted by molar-refractivity contribution is 6.30. The Hall–Kier alpha value is -1.82. The largest absolute Gasteiger partial charge is 0.451 e. The summed E-state index contributed by atoms with van der Waals surface area (Å²) in [6.07, 6.45) is -4.83. The van der Waals surface area contributed by atoms with Gasteiger partial charge in [-0.3, -0.25) is 0 Å². The molecule has 0 fully saturated rings. The van der Waals surface area contributed by atoms with Gasteiger partial charge in [0.2, 0.25) is 0 Å². The molecule has 0 heterocycles. The monoisotopic (exact) mass is 308 g/mol. The van der Waals surface area contributed by atoms with Crippen molar-refractivity contribution in [3.8, 4) is 11.5 Å². The molecule has 0 saturated carbocycles. The van der Waals surface area contributed by atoms with Crippen LogP contribution in [0.4, 0.5) is 22.0 Å². The Kier molecular flexibility index (Phi) is 3.85. The van der Waals surface area contributed by atoms with E-state index in [0.29, 0.717) is 5.02 Å². The van der Waals surface area contributed by atoms with E-state index in [4.69, 9.17) is 16.3 Å². The summed E-state index contributed by atoms with van der Waals surface area (Å²) in [6.45, 7) is 0. The van der Waals surface area contributed by atoms with Gasteiger partial charge < -0.3 is 4.74 Å². The fourth-order valence-corrected chi connectivity index (χ4v) is 1.57. The predicted octanol–water partition coefficient (Wildman–Crippen LogP) is 5.43. The number of halogens is 6. The standard InChI is InChI=1S/C13H6ClF5O/c14-8-1-3-9(4-2-8)20-12-10(15)5-7(6-11(12)16)13(17,18)19/h1-6H. The Bertz CT molecular complexity index is 599. The molecule has 2 aromatic rings. The number of hydrogen-bond donors (Lipinski definition) is 0. The van der Waals surface area contributed by atoms with Gasteiger partial charge in [-0.2, -0.15) is 13.2 Å². The van der Waals surface area contributed by atoms with E-state index in [0.717, 1.165) is 0 Å². The van der Waals surface area contributed by atoms with Crippen molar-refractivity contribution in [1.82, 2.24) is 0 Å². The Labute approximate surface area is 115 Å². The van der Waals surface area contributed by atoms with Crippen molar-refractivity contribution in [2.24, 2.45) is 0 Å². The van der Waals surface area contributed by atoms with Crippen molar-refractivity contribution in [3.63, 3.8) is 0 Å². The molecule has 0 amide bonds. The highest BCUT2D eigenvalue weighted by Crippen LogP contribution is 2.35. The second-order valence-electron chi connectivity index (χ2n) is 3.82. The molecule has 1 nitrogen and oxygen atoms in total. The van der Waals surface area contributed by atoms with Crippen LogP contribution in [0.25, 0.3) is 0 Å². The summed E-state index contributed by atoms with van der Waals surface area (Å²) in [5.41, 5.74) is -1.42. The highest BCUT2D eigenvalue weighted by Gasteiger charge is 2.33. The molecule has 0 N–H and O–H groups in total. The average Bonchev–Trinajstić information content (AvgIpc) is 2.34. The van der Waals surface area contributed by atoms with Gasteiger partial charge in [0, 0.05) is 5.02 Å². The SMILES string of the molecule is Fc1cc(C(F)(F)F)cc(F)c1Oc1ccc(Cl)cc1. The minimum Gasteiger partial charge on any atom is -0.451 e. The molecule has 7 heteroatoms. The van der Waals surface area contributed by atoms with E-state index in [1.807, 2.05) is 0 Å². The minimum absolute atomic E-state index is 0.0481. The van der Waals surface area contributed by atoms with Gasteiger partial charge >= 0.3 is 6.18 Å². The van der Waals surface area contributed by atoms with Crippen LogP contribution in [0, 0.1) is 11.6 Å². The van der Waals surface area contributed by atoms with Gasteiger partial charge in [0.15, 0.2) is 17.4 Å². The van der Waals surface area contributed by atoms with Crippen LogP contribution in [0.2, 0.25) is 5.02 Å². The van der Waals surface area contributed by atoms with E-state index in [1.165, 1.54) is 24.3 Å². The Morgan fingerprint density at radius 2 is 1.40 bits per heavy atom. The summed E-state index contributed by atoms with van der Waals surface area (Å²) < 4.78 is 69.0. The molecule has 0 bridgehead atoms. The van der Waals surface area contributed by atoms with Crippen molar-refractivity contribution in [3.05, 3.63) is 58.6 Å². The molecular formula is C13H6ClF5O. The lowest BCUT2D eigenvalue weighted by Crippen LogP contribution is -2.07. The van der Waals surface area contributed by atoms with Crippen LogP contribution < -0.4 is 4.74 Å². The summed E-state index contributed by atoms with van der Waals surface area (Å²) in [6, 6.07) is 5.84. The summed E-state index contributed by atoms with van der Waals surface area (Å²) >= 11 is 5.62. The average molecular weight is 309 g/mol. The van der Waals surface area contributed by atoms with Crippen LogP contribution in [0.3, 0.4) is 0 Å². The van der Waals surface area contributed by atoms with Gasteiger partial charge in [-0.15, -0.1) is 0 Å². The van der Waals surface area contributed by atoms with Crippen molar-refractivity contribution < 1.29 is 26.7 Å². The molecule has 0 radical (unpaired) electrons. The Morgan fingerprint density at radius 3 is 1.85 bits per heavy atom. The summed E-state index contributed by atoms with van der Waals surface area (Å²) in [7, 11) is 0. The van der Waals surface area contributed by atoms with Gasteiger partial charge in [-0.25, -0.2) is 8.78 Å². The van der Waals surface area contributed by atoms with E-state index in [1.54, 1.807) is 0 Å². The van der Waals surface area contributed by atoms with Crippen molar-refractivity contribution in [2.45, 2.75) is 6.18 Å². The van der Waals surface area contributed by atoms with Gasteiger partial charge in [0.05, 0.1) is 5.56 Å². The first-order chi connectivity index (χ1) is 9.27. The second kappa shape index (κ2) is 5.28. The minimum atomic E-state index is -4.83. The molecule has 2 aromatic carbocycles. The number of rotatable bonds is 2. The number of benzene rings is 2. The molecule has 0 unspecified atom stereocenters. The third-order valence-electron chi connectivity index (χ3n) is 2.36. The van der Waals surface area contributed by atoms with Crippen LogP contribution in [0.15, 0.2) is 36.4 Å². The van der Waals surface area contributed by atoms with Crippen LogP contribution in [-0.4, -0.2) is 0 Å². The number of ether oxygens (including phenoxy) is 1. The van der Waals surface area contributed by atoms with E-state index in [2.05, 4.69) is 0 Å². The van der Waals surface area contributed by atoms with Crippen LogP contribution in [-0.2, 0) is 6.18 Å². The zero-order chi connectivity index (χ0) is 14.9. The van der Waals surface area contributed by atoms with Crippen LogP contribution >= 0.6 is 11.6 Å². The van der Waals surface area contributed by atoms with Gasteiger partial charge in [-0.1, -0.05) is 11.6 Å². The first-order valence-electron chi connectivity index (χ1n) is 5.27. The molecule has 0 atom stereocenters. The summed E-state index contributed by atoms with van der Waals surface area (Å²) in [5.74, 6) is -3.73. The van der Waals surface area contributed by atoms with E-state index >= 15 is 0 Å². The normalized spacial score (nSPS) is 11.5. The molecule has 0 aliphatic rings. The van der Waals surface area contributed by atoms with Crippen molar-refractivity contribution in [1.29, 1.82) is 0 Å². The van der Waals surface area contributed by atoms with Crippen molar-refractivity contribution >= 4 is 11.6 Å². The van der Waals surface area contributed by atoms with Crippen molar-refractivity contribution in [2.75, 3.05) is 0 Å². The smallest absolute Gasteiger partial charge is 0.416 e. The molecular weight excluding hydrogens is 303 g/mol. The first-order valence-corrected chi connectivity index (χ1v) is 5.65. The molecule has 20 heavy (non-hydrogen) atoms. The topological polar surface area (TPSA) is 9.23 Å². The van der Waals surface area contributed by atoms with Gasteiger partial charge in [0.25, 0.3) is 0 Å². The fourth-order valence-electron chi connectivity index (χ4n) is 1.44. The Morgan fingerprint density at radius 1 is 0.900 bits per heavy atom. The third kappa shape index (κ3) is 3.19. The lowest BCUT2D eigenvalue weighted by molar-refractivity contribution is -0.138. The molecule has 0 aromatic heterocycles. The third-order valence-corrected chi connectivity index (χ3v) is 2.61. The maximum absolute atomic E-state index is 13.5. The summed E-state index contributed by atoms with van der Waals surface area (Å²) in [4.78, 5) is 0. The quantitative estimate of drug-likeness (QED) is 0.672. The first kappa shape index (κ1) is 14.6. The van der Waals surface area contributed by atoms with Gasteiger partial charge in [0.1, 0.15) is 5.75 Å². The molecule has 0 aliphatic heterocycles. The molecule has 0 saturated heterocycles. The fraction of sp³-hybridized carbons (Fsp3) is 0.0769. The van der Waals surface area contributed by atoms with E-state index in [9.17, 15) is 22.0 Å². The maximum atomic E-state index is 13.5. The van der Waals surface area contributed by atoms with E-state index < -0.39 is 29.1 Å². The van der Waals surface area contributed by atoms with Crippen LogP contribution in [0.5, 0.6) is 11.5 Å². The second-order valence-corrected chi connectivity index (χ2v) is 4.26. The molecule has 2 rings (SSSR count). The lowest BCUT2D eigenvalue weighted by atomic mass is 10.2. The van der Waals surface area contributed by atoms with E-state index in [-0.39, 0.29) is 17.9 Å². The van der Waals surface area contributed by atoms with Gasteiger partial charge in [-0.05, 0) is 36.4 Å². The molecule has 106 valence electrons. The Balaban J connectivity index is 2.36. The number of hydrogen-bond acceptors (Lipinski definition) is 1.